The third-order valence-corrected chi connectivity index (χ3v) is 6.08. The van der Waals surface area contributed by atoms with Gasteiger partial charge in [-0.2, -0.15) is 0 Å². The average molecular weight is 300 g/mol. The molecule has 5 heteroatoms. The number of hydrogen-bond acceptors (Lipinski definition) is 5. The molecular weight excluding hydrogens is 272 g/mol. The molecule has 3 rings (SSSR count). The highest BCUT2D eigenvalue weighted by molar-refractivity contribution is 4.95. The third kappa shape index (κ3) is 2.63. The topological polar surface area (TPSA) is 57.2 Å². The van der Waals surface area contributed by atoms with Crippen molar-refractivity contribution in [2.75, 3.05) is 7.11 Å². The second kappa shape index (κ2) is 5.78. The van der Waals surface area contributed by atoms with Gasteiger partial charge in [0.2, 0.25) is 5.79 Å². The van der Waals surface area contributed by atoms with E-state index in [1.165, 1.54) is 12.8 Å². The Balaban J connectivity index is 1.92. The van der Waals surface area contributed by atoms with Crippen LogP contribution in [0.2, 0.25) is 0 Å². The molecule has 5 nitrogen and oxygen atoms in total. The lowest BCUT2D eigenvalue weighted by molar-refractivity contribution is -0.443. The summed E-state index contributed by atoms with van der Waals surface area (Å²) in [6.07, 6.45) is 3.53. The number of hydrogen-bond donors (Lipinski definition) is 1. The first kappa shape index (κ1) is 15.7. The summed E-state index contributed by atoms with van der Waals surface area (Å²) < 4.78 is 17.6. The van der Waals surface area contributed by atoms with Crippen LogP contribution in [-0.2, 0) is 19.1 Å². The maximum absolute atomic E-state index is 9.24. The molecule has 2 saturated heterocycles. The van der Waals surface area contributed by atoms with Gasteiger partial charge in [-0.25, -0.2) is 10.1 Å². The van der Waals surface area contributed by atoms with Crippen molar-refractivity contribution in [2.24, 2.45) is 29.6 Å². The second-order valence-corrected chi connectivity index (χ2v) is 7.31. The summed E-state index contributed by atoms with van der Waals surface area (Å²) in [7, 11) is 1.68. The highest BCUT2D eigenvalue weighted by atomic mass is 17.1. The van der Waals surface area contributed by atoms with Crippen molar-refractivity contribution < 1.29 is 24.4 Å². The fraction of sp³-hybridized carbons (Fsp3) is 1.00. The Labute approximate surface area is 126 Å². The highest BCUT2D eigenvalue weighted by Crippen LogP contribution is 2.53. The SMILES string of the molecule is COC1OC2OC(C)(OO)CCC3C2C(CC[C@H]3C)C1C. The van der Waals surface area contributed by atoms with Gasteiger partial charge in [-0.3, -0.25) is 0 Å². The molecule has 0 amide bonds. The van der Waals surface area contributed by atoms with Crippen LogP contribution in [0.1, 0.15) is 46.5 Å². The fourth-order valence-corrected chi connectivity index (χ4v) is 4.78. The summed E-state index contributed by atoms with van der Waals surface area (Å²) in [6.45, 7) is 6.33. The molecule has 7 unspecified atom stereocenters. The van der Waals surface area contributed by atoms with Gasteiger partial charge in [0.15, 0.2) is 12.6 Å². The molecule has 3 fully saturated rings. The summed E-state index contributed by atoms with van der Waals surface area (Å²) in [5.41, 5.74) is 0. The molecule has 2 aliphatic heterocycles. The van der Waals surface area contributed by atoms with Crippen molar-refractivity contribution in [3.8, 4) is 0 Å². The summed E-state index contributed by atoms with van der Waals surface area (Å²) in [6, 6.07) is 0. The van der Waals surface area contributed by atoms with Crippen molar-refractivity contribution >= 4 is 0 Å². The smallest absolute Gasteiger partial charge is 0.201 e. The predicted molar refractivity (Wildman–Crippen MR) is 76.1 cm³/mol. The van der Waals surface area contributed by atoms with E-state index in [2.05, 4.69) is 18.7 Å². The largest absolute Gasteiger partial charge is 0.355 e. The van der Waals surface area contributed by atoms with Crippen LogP contribution in [0.15, 0.2) is 0 Å². The van der Waals surface area contributed by atoms with Gasteiger partial charge in [-0.15, -0.1) is 0 Å². The Hall–Kier alpha value is -0.200. The lowest BCUT2D eigenvalue weighted by Crippen LogP contribution is -2.54. The van der Waals surface area contributed by atoms with Crippen LogP contribution in [0.4, 0.5) is 0 Å². The first-order valence-corrected chi connectivity index (χ1v) is 8.17. The molecule has 0 aromatic rings. The van der Waals surface area contributed by atoms with Crippen LogP contribution < -0.4 is 0 Å². The molecule has 21 heavy (non-hydrogen) atoms. The van der Waals surface area contributed by atoms with E-state index in [9.17, 15) is 5.26 Å². The molecule has 1 aliphatic carbocycles. The standard InChI is InChI=1S/C16H28O5/c1-9-5-6-12-10(2)14(18-4)19-15-13(12)11(9)7-8-16(3,20-15)21-17/h9-15,17H,5-8H2,1-4H3/t9-,10?,11?,12?,13?,14?,15?,16?/m1/s1. The molecule has 0 radical (unpaired) electrons. The van der Waals surface area contributed by atoms with Crippen molar-refractivity contribution in [3.05, 3.63) is 0 Å². The molecule has 2 heterocycles. The maximum atomic E-state index is 9.24. The van der Waals surface area contributed by atoms with Gasteiger partial charge in [0, 0.05) is 25.4 Å². The zero-order chi connectivity index (χ0) is 15.2. The van der Waals surface area contributed by atoms with Gasteiger partial charge >= 0.3 is 0 Å². The molecule has 1 N–H and O–H groups in total. The quantitative estimate of drug-likeness (QED) is 0.626. The molecule has 0 spiro atoms. The predicted octanol–water partition coefficient (Wildman–Crippen LogP) is 3.25. The van der Waals surface area contributed by atoms with Crippen LogP contribution in [-0.4, -0.2) is 30.7 Å². The van der Waals surface area contributed by atoms with E-state index >= 15 is 0 Å². The van der Waals surface area contributed by atoms with Crippen LogP contribution in [0.5, 0.6) is 0 Å². The van der Waals surface area contributed by atoms with E-state index in [1.807, 2.05) is 0 Å². The first-order chi connectivity index (χ1) is 9.99. The van der Waals surface area contributed by atoms with Crippen molar-refractivity contribution in [3.63, 3.8) is 0 Å². The molecule has 0 aromatic carbocycles. The first-order valence-electron chi connectivity index (χ1n) is 8.17. The van der Waals surface area contributed by atoms with Crippen molar-refractivity contribution in [1.82, 2.24) is 0 Å². The minimum atomic E-state index is -0.981. The van der Waals surface area contributed by atoms with Gasteiger partial charge in [0.1, 0.15) is 0 Å². The van der Waals surface area contributed by atoms with E-state index in [1.54, 1.807) is 14.0 Å². The number of ether oxygens (including phenoxy) is 3. The lowest BCUT2D eigenvalue weighted by Gasteiger charge is -2.51. The van der Waals surface area contributed by atoms with E-state index in [4.69, 9.17) is 14.2 Å². The van der Waals surface area contributed by atoms with Crippen molar-refractivity contribution in [1.29, 1.82) is 0 Å². The van der Waals surface area contributed by atoms with E-state index in [0.717, 1.165) is 6.42 Å². The summed E-state index contributed by atoms with van der Waals surface area (Å²) in [4.78, 5) is 4.64. The molecule has 0 aromatic heterocycles. The third-order valence-electron chi connectivity index (χ3n) is 6.08. The minimum absolute atomic E-state index is 0.244. The summed E-state index contributed by atoms with van der Waals surface area (Å²) in [5.74, 6) is 1.53. The van der Waals surface area contributed by atoms with E-state index in [-0.39, 0.29) is 12.6 Å². The Morgan fingerprint density at radius 2 is 1.90 bits per heavy atom. The summed E-state index contributed by atoms with van der Waals surface area (Å²) in [5, 5.41) is 9.24. The minimum Gasteiger partial charge on any atom is -0.355 e. The molecular formula is C16H28O5. The molecule has 3 aliphatic rings. The lowest BCUT2D eigenvalue weighted by atomic mass is 9.61. The van der Waals surface area contributed by atoms with Gasteiger partial charge in [-0.1, -0.05) is 20.3 Å². The zero-order valence-electron chi connectivity index (χ0n) is 13.5. The van der Waals surface area contributed by atoms with Crippen LogP contribution in [0.25, 0.3) is 0 Å². The van der Waals surface area contributed by atoms with Crippen molar-refractivity contribution in [2.45, 2.75) is 64.8 Å². The van der Waals surface area contributed by atoms with Crippen LogP contribution in [0, 0.1) is 29.6 Å². The molecule has 0 bridgehead atoms. The van der Waals surface area contributed by atoms with Gasteiger partial charge < -0.3 is 14.2 Å². The van der Waals surface area contributed by atoms with Gasteiger partial charge in [0.05, 0.1) is 0 Å². The highest BCUT2D eigenvalue weighted by Gasteiger charge is 2.54. The van der Waals surface area contributed by atoms with Crippen LogP contribution in [0.3, 0.4) is 0 Å². The van der Waals surface area contributed by atoms with Gasteiger partial charge in [-0.05, 0) is 37.5 Å². The van der Waals surface area contributed by atoms with E-state index in [0.29, 0.717) is 36.0 Å². The normalized spacial score (nSPS) is 53.9. The monoisotopic (exact) mass is 300 g/mol. The second-order valence-electron chi connectivity index (χ2n) is 7.31. The number of rotatable bonds is 2. The fourth-order valence-electron chi connectivity index (χ4n) is 4.78. The Kier molecular flexibility index (Phi) is 4.32. The van der Waals surface area contributed by atoms with E-state index < -0.39 is 5.79 Å². The molecule has 8 atom stereocenters. The van der Waals surface area contributed by atoms with Gasteiger partial charge in [0.25, 0.3) is 0 Å². The summed E-state index contributed by atoms with van der Waals surface area (Å²) >= 11 is 0. The zero-order valence-corrected chi connectivity index (χ0v) is 13.5. The Bertz CT molecular complexity index is 374. The molecule has 1 saturated carbocycles. The Morgan fingerprint density at radius 1 is 1.14 bits per heavy atom. The van der Waals surface area contributed by atoms with Crippen LogP contribution >= 0.6 is 0 Å². The maximum Gasteiger partial charge on any atom is 0.201 e. The average Bonchev–Trinajstić information content (AvgIpc) is 2.63. The Morgan fingerprint density at radius 3 is 2.57 bits per heavy atom. The molecule has 122 valence electrons. The number of methoxy groups -OCH3 is 1.